The number of hydrogen-bond donors (Lipinski definition) is 1. The summed E-state index contributed by atoms with van der Waals surface area (Å²) in [5, 5.41) is 4.25. The average molecular weight is 386 g/mol. The summed E-state index contributed by atoms with van der Waals surface area (Å²) >= 11 is 14.9. The van der Waals surface area contributed by atoms with Crippen molar-refractivity contribution in [3.8, 4) is 0 Å². The second kappa shape index (κ2) is 9.48. The molecule has 0 aliphatic heterocycles. The number of rotatable bonds is 7. The fourth-order valence-corrected chi connectivity index (χ4v) is 3.70. The van der Waals surface area contributed by atoms with Crippen molar-refractivity contribution in [2.75, 3.05) is 12.3 Å². The Hall–Kier alpha value is -0.810. The highest BCUT2D eigenvalue weighted by Crippen LogP contribution is 2.25. The van der Waals surface area contributed by atoms with E-state index in [0.29, 0.717) is 11.6 Å². The van der Waals surface area contributed by atoms with Crippen molar-refractivity contribution in [2.24, 2.45) is 0 Å². The van der Waals surface area contributed by atoms with Crippen LogP contribution in [-0.2, 0) is 4.79 Å². The van der Waals surface area contributed by atoms with Crippen molar-refractivity contribution in [1.82, 2.24) is 5.32 Å². The maximum Gasteiger partial charge on any atom is 0.233 e. The number of nitrogens with one attached hydrogen (secondary N) is 1. The lowest BCUT2D eigenvalue weighted by Crippen LogP contribution is -2.32. The third-order valence-corrected chi connectivity index (χ3v) is 5.61. The van der Waals surface area contributed by atoms with Gasteiger partial charge in [0.05, 0.1) is 5.25 Å². The van der Waals surface area contributed by atoms with E-state index in [1.165, 1.54) is 11.8 Å². The molecule has 0 heterocycles. The highest BCUT2D eigenvalue weighted by molar-refractivity contribution is 8.00. The Morgan fingerprint density at radius 2 is 1.52 bits per heavy atom. The highest BCUT2D eigenvalue weighted by atomic mass is 35.5. The van der Waals surface area contributed by atoms with Crippen LogP contribution in [0.4, 0.5) is 0 Å². The molecule has 0 radical (unpaired) electrons. The monoisotopic (exact) mass is 385 g/mol. The van der Waals surface area contributed by atoms with Crippen LogP contribution in [0.3, 0.4) is 0 Å². The molecule has 1 N–H and O–H groups in total. The van der Waals surface area contributed by atoms with Crippen molar-refractivity contribution in [3.63, 3.8) is 0 Å². The fraction of sp³-hybridized carbons (Fsp3) is 0.235. The van der Waals surface area contributed by atoms with Crippen LogP contribution in [0, 0.1) is 0 Å². The molecule has 0 saturated heterocycles. The van der Waals surface area contributed by atoms with Gasteiger partial charge in [-0.1, -0.05) is 23.2 Å². The van der Waals surface area contributed by atoms with Crippen LogP contribution >= 0.6 is 46.7 Å². The van der Waals surface area contributed by atoms with Crippen molar-refractivity contribution in [3.05, 3.63) is 58.6 Å². The van der Waals surface area contributed by atoms with Crippen LogP contribution in [0.5, 0.6) is 0 Å². The first-order valence-electron chi connectivity index (χ1n) is 7.13. The van der Waals surface area contributed by atoms with E-state index in [1.807, 2.05) is 55.5 Å². The summed E-state index contributed by atoms with van der Waals surface area (Å²) in [5.41, 5.74) is 0. The second-order valence-electron chi connectivity index (χ2n) is 4.81. The molecule has 2 rings (SSSR count). The molecule has 122 valence electrons. The van der Waals surface area contributed by atoms with Crippen LogP contribution in [0.2, 0.25) is 10.0 Å². The Balaban J connectivity index is 1.69. The van der Waals surface area contributed by atoms with Gasteiger partial charge < -0.3 is 5.32 Å². The normalized spacial score (nSPS) is 12.0. The van der Waals surface area contributed by atoms with Gasteiger partial charge in [-0.25, -0.2) is 0 Å². The molecule has 0 bridgehead atoms. The standard InChI is InChI=1S/C17H17Cl2NOS2/c1-12(23-16-8-4-14(19)5-9-16)17(21)20-10-11-22-15-6-2-13(18)3-7-15/h2-9,12H,10-11H2,1H3,(H,20,21). The van der Waals surface area contributed by atoms with E-state index in [0.717, 1.165) is 20.6 Å². The van der Waals surface area contributed by atoms with Crippen LogP contribution in [0.25, 0.3) is 0 Å². The first kappa shape index (κ1) is 18.5. The number of carbonyl (C=O) groups excluding carboxylic acids is 1. The number of benzene rings is 2. The van der Waals surface area contributed by atoms with Crippen LogP contribution < -0.4 is 5.32 Å². The number of carbonyl (C=O) groups is 1. The highest BCUT2D eigenvalue weighted by Gasteiger charge is 2.13. The smallest absolute Gasteiger partial charge is 0.233 e. The molecule has 0 spiro atoms. The molecule has 6 heteroatoms. The second-order valence-corrected chi connectivity index (χ2v) is 8.26. The summed E-state index contributed by atoms with van der Waals surface area (Å²) in [4.78, 5) is 14.3. The van der Waals surface area contributed by atoms with Crippen molar-refractivity contribution in [1.29, 1.82) is 0 Å². The Morgan fingerprint density at radius 3 is 2.09 bits per heavy atom. The van der Waals surface area contributed by atoms with Gasteiger partial charge in [-0.2, -0.15) is 0 Å². The third kappa shape index (κ3) is 6.68. The first-order chi connectivity index (χ1) is 11.0. The van der Waals surface area contributed by atoms with E-state index in [9.17, 15) is 4.79 Å². The van der Waals surface area contributed by atoms with Crippen molar-refractivity contribution < 1.29 is 4.79 Å². The third-order valence-electron chi connectivity index (χ3n) is 2.98. The molecular formula is C17H17Cl2NOS2. The number of thioether (sulfide) groups is 2. The molecule has 2 aromatic rings. The molecule has 1 amide bonds. The van der Waals surface area contributed by atoms with E-state index in [4.69, 9.17) is 23.2 Å². The van der Waals surface area contributed by atoms with Gasteiger partial charge in [-0.05, 0) is 55.5 Å². The predicted molar refractivity (Wildman–Crippen MR) is 102 cm³/mol. The number of amides is 1. The Morgan fingerprint density at radius 1 is 1.00 bits per heavy atom. The zero-order chi connectivity index (χ0) is 16.7. The topological polar surface area (TPSA) is 29.1 Å². The SMILES string of the molecule is CC(Sc1ccc(Cl)cc1)C(=O)NCCSc1ccc(Cl)cc1. The van der Waals surface area contributed by atoms with Gasteiger partial charge in [0.2, 0.25) is 5.91 Å². The van der Waals surface area contributed by atoms with Gasteiger partial charge in [0.25, 0.3) is 0 Å². The molecule has 0 fully saturated rings. The summed E-state index contributed by atoms with van der Waals surface area (Å²) in [5.74, 6) is 0.868. The van der Waals surface area contributed by atoms with Gasteiger partial charge >= 0.3 is 0 Å². The molecule has 2 aromatic carbocycles. The van der Waals surface area contributed by atoms with E-state index in [2.05, 4.69) is 5.32 Å². The zero-order valence-electron chi connectivity index (χ0n) is 12.6. The number of hydrogen-bond acceptors (Lipinski definition) is 3. The summed E-state index contributed by atoms with van der Waals surface area (Å²) < 4.78 is 0. The molecule has 2 nitrogen and oxygen atoms in total. The van der Waals surface area contributed by atoms with E-state index in [-0.39, 0.29) is 11.2 Å². The quantitative estimate of drug-likeness (QED) is 0.512. The Kier molecular flexibility index (Phi) is 7.63. The summed E-state index contributed by atoms with van der Waals surface area (Å²) in [6.07, 6.45) is 0. The van der Waals surface area contributed by atoms with Crippen molar-refractivity contribution >= 4 is 52.6 Å². The first-order valence-corrected chi connectivity index (χ1v) is 9.75. The summed E-state index contributed by atoms with van der Waals surface area (Å²) in [6.45, 7) is 2.54. The van der Waals surface area contributed by atoms with E-state index >= 15 is 0 Å². The maximum atomic E-state index is 12.1. The lowest BCUT2D eigenvalue weighted by Gasteiger charge is -2.12. The zero-order valence-corrected chi connectivity index (χ0v) is 15.7. The van der Waals surface area contributed by atoms with Crippen molar-refractivity contribution in [2.45, 2.75) is 22.0 Å². The molecule has 0 aromatic heterocycles. The van der Waals surface area contributed by atoms with Crippen LogP contribution in [0.15, 0.2) is 58.3 Å². The van der Waals surface area contributed by atoms with E-state index in [1.54, 1.807) is 11.8 Å². The molecule has 1 atom stereocenters. The van der Waals surface area contributed by atoms with E-state index < -0.39 is 0 Å². The largest absolute Gasteiger partial charge is 0.354 e. The average Bonchev–Trinajstić information content (AvgIpc) is 2.55. The summed E-state index contributed by atoms with van der Waals surface area (Å²) in [6, 6.07) is 15.2. The minimum absolute atomic E-state index is 0.0432. The summed E-state index contributed by atoms with van der Waals surface area (Å²) in [7, 11) is 0. The van der Waals surface area contributed by atoms with Gasteiger partial charge in [0.1, 0.15) is 0 Å². The fourth-order valence-electron chi connectivity index (χ4n) is 1.79. The predicted octanol–water partition coefficient (Wildman–Crippen LogP) is 5.38. The molecule has 1 unspecified atom stereocenters. The van der Waals surface area contributed by atoms with Gasteiger partial charge in [-0.15, -0.1) is 23.5 Å². The molecule has 0 aliphatic rings. The van der Waals surface area contributed by atoms with Gasteiger partial charge in [-0.3, -0.25) is 4.79 Å². The van der Waals surface area contributed by atoms with Crippen LogP contribution in [0.1, 0.15) is 6.92 Å². The minimum atomic E-state index is -0.142. The molecule has 23 heavy (non-hydrogen) atoms. The lowest BCUT2D eigenvalue weighted by atomic mass is 10.4. The number of halogens is 2. The van der Waals surface area contributed by atoms with Gasteiger partial charge in [0, 0.05) is 32.1 Å². The lowest BCUT2D eigenvalue weighted by molar-refractivity contribution is -0.120. The molecule has 0 aliphatic carbocycles. The Labute approximate surface area is 155 Å². The Bertz CT molecular complexity index is 632. The maximum absolute atomic E-state index is 12.1. The van der Waals surface area contributed by atoms with Gasteiger partial charge in [0.15, 0.2) is 0 Å². The minimum Gasteiger partial charge on any atom is -0.354 e. The molecular weight excluding hydrogens is 369 g/mol. The van der Waals surface area contributed by atoms with Crippen LogP contribution in [-0.4, -0.2) is 23.5 Å². The molecule has 0 saturated carbocycles.